The number of ether oxygens (including phenoxy) is 1. The molecule has 0 aromatic heterocycles. The molecule has 0 aliphatic carbocycles. The lowest BCUT2D eigenvalue weighted by molar-refractivity contribution is -0.137. The van der Waals surface area contributed by atoms with Crippen molar-refractivity contribution in [3.8, 4) is 0 Å². The van der Waals surface area contributed by atoms with Gasteiger partial charge in [-0.2, -0.15) is 0 Å². The number of esters is 1. The molecule has 19 heavy (non-hydrogen) atoms. The van der Waals surface area contributed by atoms with E-state index in [4.69, 9.17) is 5.11 Å². The summed E-state index contributed by atoms with van der Waals surface area (Å²) in [6.45, 7) is 8.14. The normalized spacial score (nSPS) is 8.89. The number of rotatable bonds is 10. The van der Waals surface area contributed by atoms with Gasteiger partial charge in [-0.25, -0.2) is 0 Å². The Morgan fingerprint density at radius 1 is 1.05 bits per heavy atom. The lowest BCUT2D eigenvalue weighted by Crippen LogP contribution is -1.93. The number of carbonyl (C=O) groups is 2. The second-order valence-corrected chi connectivity index (χ2v) is 4.12. The number of aliphatic carboxylic acids is 1. The molecular formula is C15H26O4. The van der Waals surface area contributed by atoms with Crippen molar-refractivity contribution in [3.05, 3.63) is 25.5 Å². The van der Waals surface area contributed by atoms with Crippen LogP contribution >= 0.6 is 0 Å². The molecule has 0 unspecified atom stereocenters. The Hall–Kier alpha value is -1.58. The van der Waals surface area contributed by atoms with Gasteiger partial charge in [-0.15, -0.1) is 6.58 Å². The van der Waals surface area contributed by atoms with E-state index < -0.39 is 5.97 Å². The molecule has 0 rings (SSSR count). The Balaban J connectivity index is 0. The molecule has 4 nitrogen and oxygen atoms in total. The molecule has 0 heterocycles. The van der Waals surface area contributed by atoms with Crippen molar-refractivity contribution in [1.29, 1.82) is 0 Å². The first-order valence-electron chi connectivity index (χ1n) is 6.65. The minimum atomic E-state index is -0.674. The molecule has 0 amide bonds. The molecule has 0 atom stereocenters. The molecule has 0 radical (unpaired) electrons. The fraction of sp³-hybridized carbons (Fsp3) is 0.600. The van der Waals surface area contributed by atoms with Gasteiger partial charge < -0.3 is 9.84 Å². The van der Waals surface area contributed by atoms with Crippen molar-refractivity contribution in [2.45, 2.75) is 58.3 Å². The molecular weight excluding hydrogens is 244 g/mol. The van der Waals surface area contributed by atoms with Crippen molar-refractivity contribution in [3.63, 3.8) is 0 Å². The maximum atomic E-state index is 10.2. The van der Waals surface area contributed by atoms with Crippen molar-refractivity contribution in [2.24, 2.45) is 0 Å². The van der Waals surface area contributed by atoms with E-state index in [-0.39, 0.29) is 5.97 Å². The summed E-state index contributed by atoms with van der Waals surface area (Å²) in [5.41, 5.74) is 0. The Labute approximate surface area is 116 Å². The second-order valence-electron chi connectivity index (χ2n) is 4.12. The zero-order valence-electron chi connectivity index (χ0n) is 11.9. The van der Waals surface area contributed by atoms with E-state index in [1.807, 2.05) is 6.08 Å². The van der Waals surface area contributed by atoms with Crippen LogP contribution in [0.15, 0.2) is 25.5 Å². The largest absolute Gasteiger partial charge is 0.481 e. The number of carbonyl (C=O) groups excluding carboxylic acids is 1. The summed E-state index contributed by atoms with van der Waals surface area (Å²) in [5, 5.41) is 8.38. The van der Waals surface area contributed by atoms with E-state index in [0.717, 1.165) is 25.5 Å². The summed E-state index contributed by atoms with van der Waals surface area (Å²) in [5.74, 6) is -1.00. The van der Waals surface area contributed by atoms with Crippen LogP contribution in [0, 0.1) is 0 Å². The van der Waals surface area contributed by atoms with E-state index >= 15 is 0 Å². The standard InChI is InChI=1S/C11H20O2.C4H6O2/c1-2-3-4-5-6-7-8-9-10-11(12)13;1-3-6-4(2)5/h2H,1,3-10H2,(H,12,13);3H,1H2,2H3. The third kappa shape index (κ3) is 26.2. The first kappa shape index (κ1) is 19.8. The molecule has 0 aliphatic rings. The van der Waals surface area contributed by atoms with Gasteiger partial charge in [0.1, 0.15) is 0 Å². The molecule has 0 saturated heterocycles. The van der Waals surface area contributed by atoms with Crippen LogP contribution in [0.4, 0.5) is 0 Å². The summed E-state index contributed by atoms with van der Waals surface area (Å²) in [6, 6.07) is 0. The summed E-state index contributed by atoms with van der Waals surface area (Å²) in [4.78, 5) is 19.9. The maximum absolute atomic E-state index is 10.2. The van der Waals surface area contributed by atoms with Gasteiger partial charge in [-0.3, -0.25) is 9.59 Å². The third-order valence-corrected chi connectivity index (χ3v) is 2.30. The van der Waals surface area contributed by atoms with Gasteiger partial charge in [-0.1, -0.05) is 38.3 Å². The fourth-order valence-electron chi connectivity index (χ4n) is 1.39. The lowest BCUT2D eigenvalue weighted by Gasteiger charge is -1.98. The van der Waals surface area contributed by atoms with E-state index in [1.165, 1.54) is 32.6 Å². The zero-order chi connectivity index (χ0) is 14.9. The SMILES string of the molecule is C=CCCCCCCCCC(=O)O.C=COC(C)=O. The highest BCUT2D eigenvalue weighted by molar-refractivity contribution is 5.66. The topological polar surface area (TPSA) is 63.6 Å². The van der Waals surface area contributed by atoms with Gasteiger partial charge in [0.05, 0.1) is 6.26 Å². The van der Waals surface area contributed by atoms with E-state index in [9.17, 15) is 9.59 Å². The van der Waals surface area contributed by atoms with Crippen LogP contribution in [0.25, 0.3) is 0 Å². The Morgan fingerprint density at radius 2 is 1.58 bits per heavy atom. The molecule has 4 heteroatoms. The highest BCUT2D eigenvalue weighted by Crippen LogP contribution is 2.08. The number of hydrogen-bond donors (Lipinski definition) is 1. The molecule has 0 fully saturated rings. The molecule has 0 spiro atoms. The van der Waals surface area contributed by atoms with E-state index in [2.05, 4.69) is 17.9 Å². The van der Waals surface area contributed by atoms with Gasteiger partial charge in [0.15, 0.2) is 0 Å². The smallest absolute Gasteiger partial charge is 0.307 e. The quantitative estimate of drug-likeness (QED) is 0.281. The monoisotopic (exact) mass is 270 g/mol. The zero-order valence-corrected chi connectivity index (χ0v) is 11.9. The maximum Gasteiger partial charge on any atom is 0.307 e. The number of unbranched alkanes of at least 4 members (excludes halogenated alkanes) is 6. The third-order valence-electron chi connectivity index (χ3n) is 2.30. The lowest BCUT2D eigenvalue weighted by atomic mass is 10.1. The van der Waals surface area contributed by atoms with Gasteiger partial charge in [0, 0.05) is 13.3 Å². The highest BCUT2D eigenvalue weighted by Gasteiger charge is 1.95. The Kier molecular flexibility index (Phi) is 17.1. The predicted molar refractivity (Wildman–Crippen MR) is 76.7 cm³/mol. The number of allylic oxidation sites excluding steroid dienone is 1. The highest BCUT2D eigenvalue weighted by atomic mass is 16.5. The molecule has 0 aliphatic heterocycles. The van der Waals surface area contributed by atoms with Crippen molar-refractivity contribution in [1.82, 2.24) is 0 Å². The van der Waals surface area contributed by atoms with Crippen LogP contribution in [-0.2, 0) is 14.3 Å². The average Bonchev–Trinajstić information content (AvgIpc) is 2.33. The predicted octanol–water partition coefficient (Wildman–Crippen LogP) is 4.07. The molecule has 0 saturated carbocycles. The van der Waals surface area contributed by atoms with E-state index in [0.29, 0.717) is 6.42 Å². The summed E-state index contributed by atoms with van der Waals surface area (Å²) in [6.07, 6.45) is 11.2. The Morgan fingerprint density at radius 3 is 1.95 bits per heavy atom. The number of carboxylic acid groups (broad SMARTS) is 1. The van der Waals surface area contributed by atoms with Crippen LogP contribution in [0.2, 0.25) is 0 Å². The number of hydrogen-bond acceptors (Lipinski definition) is 3. The number of carboxylic acids is 1. The molecule has 0 bridgehead atoms. The summed E-state index contributed by atoms with van der Waals surface area (Å²) >= 11 is 0. The fourth-order valence-corrected chi connectivity index (χ4v) is 1.39. The molecule has 0 aromatic rings. The van der Waals surface area contributed by atoms with Crippen LogP contribution in [-0.4, -0.2) is 17.0 Å². The van der Waals surface area contributed by atoms with Gasteiger partial charge in [-0.05, 0) is 19.3 Å². The van der Waals surface area contributed by atoms with E-state index in [1.54, 1.807) is 0 Å². The second kappa shape index (κ2) is 16.4. The molecule has 1 N–H and O–H groups in total. The molecule has 110 valence electrons. The Bertz CT molecular complexity index is 259. The first-order valence-corrected chi connectivity index (χ1v) is 6.65. The first-order chi connectivity index (χ1) is 9.04. The molecule has 0 aromatic carbocycles. The van der Waals surface area contributed by atoms with Gasteiger partial charge >= 0.3 is 11.9 Å². The minimum absolute atomic E-state index is 0.326. The van der Waals surface area contributed by atoms with Crippen molar-refractivity contribution >= 4 is 11.9 Å². The van der Waals surface area contributed by atoms with Crippen molar-refractivity contribution < 1.29 is 19.4 Å². The van der Waals surface area contributed by atoms with Crippen LogP contribution in [0.3, 0.4) is 0 Å². The van der Waals surface area contributed by atoms with Crippen LogP contribution in [0.5, 0.6) is 0 Å². The minimum Gasteiger partial charge on any atom is -0.481 e. The average molecular weight is 270 g/mol. The van der Waals surface area contributed by atoms with Crippen LogP contribution in [0.1, 0.15) is 58.3 Å². The van der Waals surface area contributed by atoms with Gasteiger partial charge in [0.25, 0.3) is 0 Å². The summed E-state index contributed by atoms with van der Waals surface area (Å²) in [7, 11) is 0. The van der Waals surface area contributed by atoms with Crippen molar-refractivity contribution in [2.75, 3.05) is 0 Å². The van der Waals surface area contributed by atoms with Gasteiger partial charge in [0.2, 0.25) is 0 Å². The summed E-state index contributed by atoms with van der Waals surface area (Å²) < 4.78 is 4.17. The van der Waals surface area contributed by atoms with Crippen LogP contribution < -0.4 is 0 Å².